The Labute approximate surface area is 165 Å². The number of aromatic nitrogens is 5. The minimum Gasteiger partial charge on any atom is -0.382 e. The molecule has 142 valence electrons. The molecular formula is C20H15FN8. The molecule has 0 amide bonds. The molecule has 0 bridgehead atoms. The summed E-state index contributed by atoms with van der Waals surface area (Å²) in [5.41, 5.74) is 8.26. The first kappa shape index (κ1) is 18.2. The molecule has 0 fully saturated rings. The summed E-state index contributed by atoms with van der Waals surface area (Å²) < 4.78 is 14.0. The standard InChI is InChI=1S/C20H15FN8/c1-11(27-20-14(9-22)19(23)25-10-26-20)18-17(16-4-2-3-7-24-16)13-8-12(21)5-6-15(13)28-29-18/h2-8,10-11H,1H3,(H3,23,25,26,27). The Hall–Kier alpha value is -4.19. The van der Waals surface area contributed by atoms with E-state index >= 15 is 0 Å². The summed E-state index contributed by atoms with van der Waals surface area (Å²) in [6.07, 6.45) is 2.92. The molecule has 0 aliphatic carbocycles. The van der Waals surface area contributed by atoms with Crippen LogP contribution in [-0.2, 0) is 0 Å². The molecule has 0 radical (unpaired) electrons. The number of nitrogens with two attached hydrogens (primary N) is 1. The summed E-state index contributed by atoms with van der Waals surface area (Å²) in [7, 11) is 0. The van der Waals surface area contributed by atoms with E-state index in [1.165, 1.54) is 18.5 Å². The molecule has 8 nitrogen and oxygen atoms in total. The van der Waals surface area contributed by atoms with Crippen LogP contribution in [0.25, 0.3) is 22.2 Å². The van der Waals surface area contributed by atoms with Crippen molar-refractivity contribution in [2.45, 2.75) is 13.0 Å². The summed E-state index contributed by atoms with van der Waals surface area (Å²) in [6.45, 7) is 1.83. The van der Waals surface area contributed by atoms with Crippen molar-refractivity contribution in [3.63, 3.8) is 0 Å². The number of hydrogen-bond acceptors (Lipinski definition) is 8. The first-order valence-electron chi connectivity index (χ1n) is 8.73. The molecule has 4 aromatic rings. The number of anilines is 2. The van der Waals surface area contributed by atoms with E-state index in [1.54, 1.807) is 18.3 Å². The molecular weight excluding hydrogens is 371 g/mol. The van der Waals surface area contributed by atoms with Crippen molar-refractivity contribution in [2.24, 2.45) is 0 Å². The van der Waals surface area contributed by atoms with Gasteiger partial charge in [-0.05, 0) is 37.3 Å². The van der Waals surface area contributed by atoms with Crippen molar-refractivity contribution in [2.75, 3.05) is 11.1 Å². The van der Waals surface area contributed by atoms with E-state index in [0.29, 0.717) is 27.9 Å². The van der Waals surface area contributed by atoms with Gasteiger partial charge in [0.1, 0.15) is 35.4 Å². The Morgan fingerprint density at radius 3 is 2.76 bits per heavy atom. The van der Waals surface area contributed by atoms with E-state index in [0.717, 1.165) is 0 Å². The molecule has 0 saturated carbocycles. The van der Waals surface area contributed by atoms with Gasteiger partial charge in [0, 0.05) is 17.1 Å². The molecule has 9 heteroatoms. The normalized spacial score (nSPS) is 11.8. The van der Waals surface area contributed by atoms with Gasteiger partial charge in [0.15, 0.2) is 0 Å². The number of benzene rings is 1. The van der Waals surface area contributed by atoms with Crippen LogP contribution in [0.15, 0.2) is 48.9 Å². The van der Waals surface area contributed by atoms with Gasteiger partial charge in [-0.2, -0.15) is 15.5 Å². The predicted molar refractivity (Wildman–Crippen MR) is 106 cm³/mol. The largest absolute Gasteiger partial charge is 0.382 e. The SMILES string of the molecule is CC(Nc1ncnc(N)c1C#N)c1nnc2ccc(F)cc2c1-c1ccccn1. The van der Waals surface area contributed by atoms with E-state index in [2.05, 4.69) is 30.5 Å². The third-order valence-electron chi connectivity index (χ3n) is 4.42. The highest BCUT2D eigenvalue weighted by Crippen LogP contribution is 2.33. The minimum atomic E-state index is -0.437. The van der Waals surface area contributed by atoms with Crippen molar-refractivity contribution in [3.05, 3.63) is 66.0 Å². The minimum absolute atomic E-state index is 0.0776. The highest BCUT2D eigenvalue weighted by molar-refractivity contribution is 5.94. The van der Waals surface area contributed by atoms with Gasteiger partial charge in [-0.3, -0.25) is 4.98 Å². The number of nitrogens with one attached hydrogen (secondary N) is 1. The summed E-state index contributed by atoms with van der Waals surface area (Å²) in [4.78, 5) is 12.3. The average molecular weight is 386 g/mol. The molecule has 1 unspecified atom stereocenters. The van der Waals surface area contributed by atoms with Crippen molar-refractivity contribution < 1.29 is 4.39 Å². The van der Waals surface area contributed by atoms with Gasteiger partial charge >= 0.3 is 0 Å². The molecule has 0 aliphatic heterocycles. The molecule has 29 heavy (non-hydrogen) atoms. The molecule has 1 aromatic carbocycles. The van der Waals surface area contributed by atoms with Crippen LogP contribution in [0.2, 0.25) is 0 Å². The maximum Gasteiger partial charge on any atom is 0.150 e. The smallest absolute Gasteiger partial charge is 0.150 e. The zero-order chi connectivity index (χ0) is 20.4. The fourth-order valence-electron chi connectivity index (χ4n) is 3.07. The Kier molecular flexibility index (Phi) is 4.66. The molecule has 0 spiro atoms. The van der Waals surface area contributed by atoms with Crippen LogP contribution in [0.4, 0.5) is 16.0 Å². The number of halogens is 1. The van der Waals surface area contributed by atoms with Gasteiger partial charge < -0.3 is 11.1 Å². The fourth-order valence-corrected chi connectivity index (χ4v) is 3.07. The molecule has 3 heterocycles. The Morgan fingerprint density at radius 1 is 1.14 bits per heavy atom. The second-order valence-electron chi connectivity index (χ2n) is 6.30. The summed E-state index contributed by atoms with van der Waals surface area (Å²) in [6, 6.07) is 11.3. The molecule has 3 N–H and O–H groups in total. The van der Waals surface area contributed by atoms with E-state index in [1.807, 2.05) is 25.1 Å². The lowest BCUT2D eigenvalue weighted by atomic mass is 9.99. The van der Waals surface area contributed by atoms with Crippen LogP contribution in [0.1, 0.15) is 24.2 Å². The molecule has 0 aliphatic rings. The number of nitriles is 1. The topological polar surface area (TPSA) is 126 Å². The van der Waals surface area contributed by atoms with Gasteiger partial charge in [0.25, 0.3) is 0 Å². The Balaban J connectivity index is 1.88. The number of pyridine rings is 1. The van der Waals surface area contributed by atoms with Crippen LogP contribution in [0.3, 0.4) is 0 Å². The maximum absolute atomic E-state index is 14.0. The lowest BCUT2D eigenvalue weighted by Crippen LogP contribution is -2.14. The van der Waals surface area contributed by atoms with Gasteiger partial charge in [-0.15, -0.1) is 0 Å². The second kappa shape index (κ2) is 7.44. The Morgan fingerprint density at radius 2 is 2.00 bits per heavy atom. The van der Waals surface area contributed by atoms with Crippen LogP contribution >= 0.6 is 0 Å². The summed E-state index contributed by atoms with van der Waals surface area (Å²) in [5.74, 6) is -0.0287. The first-order chi connectivity index (χ1) is 14.1. The van der Waals surface area contributed by atoms with Crippen molar-refractivity contribution in [1.82, 2.24) is 25.1 Å². The van der Waals surface area contributed by atoms with Gasteiger partial charge in [0.2, 0.25) is 0 Å². The van der Waals surface area contributed by atoms with Gasteiger partial charge in [0.05, 0.1) is 22.9 Å². The lowest BCUT2D eigenvalue weighted by molar-refractivity contribution is 0.629. The fraction of sp³-hybridized carbons (Fsp3) is 0.100. The van der Waals surface area contributed by atoms with Crippen molar-refractivity contribution >= 4 is 22.5 Å². The summed E-state index contributed by atoms with van der Waals surface area (Å²) in [5, 5.41) is 21.7. The third kappa shape index (κ3) is 3.39. The monoisotopic (exact) mass is 386 g/mol. The molecule has 1 atom stereocenters. The predicted octanol–water partition coefficient (Wildman–Crippen LogP) is 3.25. The quantitative estimate of drug-likeness (QED) is 0.547. The number of nitrogens with zero attached hydrogens (tertiary/aromatic N) is 6. The zero-order valence-corrected chi connectivity index (χ0v) is 15.3. The van der Waals surface area contributed by atoms with Crippen LogP contribution in [-0.4, -0.2) is 25.1 Å². The Bertz CT molecular complexity index is 1240. The van der Waals surface area contributed by atoms with Crippen LogP contribution in [0, 0.1) is 17.1 Å². The molecule has 0 saturated heterocycles. The number of hydrogen-bond donors (Lipinski definition) is 2. The van der Waals surface area contributed by atoms with Crippen molar-refractivity contribution in [1.29, 1.82) is 5.26 Å². The highest BCUT2D eigenvalue weighted by Gasteiger charge is 2.21. The number of fused-ring (bicyclic) bond motifs is 1. The second-order valence-corrected chi connectivity index (χ2v) is 6.30. The highest BCUT2D eigenvalue weighted by atomic mass is 19.1. The maximum atomic E-state index is 14.0. The third-order valence-corrected chi connectivity index (χ3v) is 4.42. The summed E-state index contributed by atoms with van der Waals surface area (Å²) >= 11 is 0. The molecule has 4 rings (SSSR count). The van der Waals surface area contributed by atoms with Crippen LogP contribution in [0.5, 0.6) is 0 Å². The molecule has 3 aromatic heterocycles. The van der Waals surface area contributed by atoms with E-state index in [-0.39, 0.29) is 23.0 Å². The first-order valence-corrected chi connectivity index (χ1v) is 8.73. The number of rotatable bonds is 4. The van der Waals surface area contributed by atoms with Crippen LogP contribution < -0.4 is 11.1 Å². The van der Waals surface area contributed by atoms with Crippen molar-refractivity contribution in [3.8, 4) is 17.3 Å². The van der Waals surface area contributed by atoms with Gasteiger partial charge in [-0.25, -0.2) is 14.4 Å². The van der Waals surface area contributed by atoms with E-state index in [4.69, 9.17) is 5.73 Å². The van der Waals surface area contributed by atoms with Gasteiger partial charge in [-0.1, -0.05) is 6.07 Å². The average Bonchev–Trinajstić information content (AvgIpc) is 2.73. The van der Waals surface area contributed by atoms with E-state index < -0.39 is 6.04 Å². The lowest BCUT2D eigenvalue weighted by Gasteiger charge is -2.19. The number of nitrogen functional groups attached to an aromatic ring is 1. The van der Waals surface area contributed by atoms with E-state index in [9.17, 15) is 9.65 Å². The zero-order valence-electron chi connectivity index (χ0n) is 15.3.